The largest absolute Gasteiger partial charge is 0.348 e. The summed E-state index contributed by atoms with van der Waals surface area (Å²) < 4.78 is 40.7. The molecule has 0 spiro atoms. The fraction of sp³-hybridized carbons (Fsp3) is 0.478. The standard InChI is InChI=1S/C23H30N2O4S/c1-17-9-11-20(12-10-17)30(26,27)24-19-13-21(22-16-28-23(2,3)29-22)25(15-19)14-18-7-5-4-6-8-18/h4-12,19,21-22,24H,13-16H2,1-3H3/t19-,21-,22+/m0/s1. The summed E-state index contributed by atoms with van der Waals surface area (Å²) in [5.74, 6) is -0.609. The third kappa shape index (κ3) is 4.92. The quantitative estimate of drug-likeness (QED) is 0.763. The molecule has 0 aliphatic carbocycles. The van der Waals surface area contributed by atoms with Crippen molar-refractivity contribution in [2.45, 2.75) is 62.6 Å². The monoisotopic (exact) mass is 430 g/mol. The Balaban J connectivity index is 1.51. The zero-order chi connectivity index (χ0) is 21.4. The van der Waals surface area contributed by atoms with Crippen molar-refractivity contribution < 1.29 is 17.9 Å². The van der Waals surface area contributed by atoms with Gasteiger partial charge >= 0.3 is 0 Å². The van der Waals surface area contributed by atoms with E-state index in [0.29, 0.717) is 24.5 Å². The molecule has 6 nitrogen and oxygen atoms in total. The molecule has 0 saturated carbocycles. The zero-order valence-corrected chi connectivity index (χ0v) is 18.6. The van der Waals surface area contributed by atoms with Gasteiger partial charge < -0.3 is 9.47 Å². The first kappa shape index (κ1) is 21.5. The van der Waals surface area contributed by atoms with Gasteiger partial charge in [0, 0.05) is 25.2 Å². The number of benzene rings is 2. The molecule has 2 aliphatic heterocycles. The molecule has 2 aromatic carbocycles. The van der Waals surface area contributed by atoms with Crippen molar-refractivity contribution in [1.29, 1.82) is 0 Å². The molecule has 2 saturated heterocycles. The van der Waals surface area contributed by atoms with Crippen molar-refractivity contribution in [3.63, 3.8) is 0 Å². The second kappa shape index (κ2) is 8.40. The van der Waals surface area contributed by atoms with Crippen LogP contribution in [0.4, 0.5) is 0 Å². The molecule has 2 aliphatic rings. The Morgan fingerprint density at radius 1 is 1.10 bits per heavy atom. The summed E-state index contributed by atoms with van der Waals surface area (Å²) in [6.45, 7) is 7.67. The number of rotatable bonds is 6. The molecule has 0 unspecified atom stereocenters. The Labute approximate surface area is 179 Å². The van der Waals surface area contributed by atoms with Gasteiger partial charge in [-0.05, 0) is 44.9 Å². The number of likely N-dealkylation sites (tertiary alicyclic amines) is 1. The van der Waals surface area contributed by atoms with Gasteiger partial charge in [0.2, 0.25) is 10.0 Å². The van der Waals surface area contributed by atoms with E-state index < -0.39 is 15.8 Å². The first-order chi connectivity index (χ1) is 14.2. The van der Waals surface area contributed by atoms with Gasteiger partial charge in [-0.25, -0.2) is 13.1 Å². The van der Waals surface area contributed by atoms with Gasteiger partial charge in [-0.3, -0.25) is 4.90 Å². The maximum atomic E-state index is 12.9. The number of ether oxygens (including phenoxy) is 2. The van der Waals surface area contributed by atoms with Gasteiger partial charge in [0.25, 0.3) is 0 Å². The van der Waals surface area contributed by atoms with E-state index in [9.17, 15) is 8.42 Å². The Bertz CT molecular complexity index is 960. The van der Waals surface area contributed by atoms with E-state index in [-0.39, 0.29) is 18.2 Å². The van der Waals surface area contributed by atoms with Crippen LogP contribution in [-0.2, 0) is 26.0 Å². The molecule has 0 aromatic heterocycles. The lowest BCUT2D eigenvalue weighted by Gasteiger charge is -2.29. The highest BCUT2D eigenvalue weighted by molar-refractivity contribution is 7.89. The summed E-state index contributed by atoms with van der Waals surface area (Å²) in [5.41, 5.74) is 2.23. The van der Waals surface area contributed by atoms with E-state index in [4.69, 9.17) is 9.47 Å². The van der Waals surface area contributed by atoms with Crippen LogP contribution >= 0.6 is 0 Å². The van der Waals surface area contributed by atoms with E-state index in [1.165, 1.54) is 5.56 Å². The van der Waals surface area contributed by atoms with Crippen molar-refractivity contribution in [3.8, 4) is 0 Å². The number of nitrogens with zero attached hydrogens (tertiary/aromatic N) is 1. The number of aryl methyl sites for hydroxylation is 1. The molecule has 3 atom stereocenters. The first-order valence-electron chi connectivity index (χ1n) is 10.4. The number of nitrogens with one attached hydrogen (secondary N) is 1. The molecule has 1 N–H and O–H groups in total. The second-order valence-electron chi connectivity index (χ2n) is 8.72. The topological polar surface area (TPSA) is 67.9 Å². The highest BCUT2D eigenvalue weighted by Gasteiger charge is 2.44. The van der Waals surface area contributed by atoms with Crippen LogP contribution in [0.15, 0.2) is 59.5 Å². The van der Waals surface area contributed by atoms with Gasteiger partial charge in [-0.1, -0.05) is 48.0 Å². The lowest BCUT2D eigenvalue weighted by Crippen LogP contribution is -2.40. The summed E-state index contributed by atoms with van der Waals surface area (Å²) in [7, 11) is -3.58. The fourth-order valence-electron chi connectivity index (χ4n) is 4.32. The van der Waals surface area contributed by atoms with Gasteiger partial charge in [-0.2, -0.15) is 0 Å². The molecule has 7 heteroatoms. The average molecular weight is 431 g/mol. The van der Waals surface area contributed by atoms with Crippen molar-refractivity contribution in [3.05, 3.63) is 65.7 Å². The normalized spacial score (nSPS) is 26.8. The predicted molar refractivity (Wildman–Crippen MR) is 115 cm³/mol. The lowest BCUT2D eigenvalue weighted by atomic mass is 10.1. The minimum Gasteiger partial charge on any atom is -0.348 e. The first-order valence-corrected chi connectivity index (χ1v) is 11.9. The average Bonchev–Trinajstić information content (AvgIpc) is 3.25. The summed E-state index contributed by atoms with van der Waals surface area (Å²) >= 11 is 0. The predicted octanol–water partition coefficient (Wildman–Crippen LogP) is 3.07. The minimum absolute atomic E-state index is 0.0812. The third-order valence-electron chi connectivity index (χ3n) is 5.79. The molecule has 2 aromatic rings. The maximum absolute atomic E-state index is 12.9. The van der Waals surface area contributed by atoms with Crippen molar-refractivity contribution in [2.24, 2.45) is 0 Å². The van der Waals surface area contributed by atoms with E-state index in [1.54, 1.807) is 12.1 Å². The molecular formula is C23H30N2O4S. The Kier molecular flexibility index (Phi) is 6.01. The van der Waals surface area contributed by atoms with E-state index >= 15 is 0 Å². The van der Waals surface area contributed by atoms with Crippen LogP contribution in [0.3, 0.4) is 0 Å². The summed E-state index contributed by atoms with van der Waals surface area (Å²) in [5, 5.41) is 0. The van der Waals surface area contributed by atoms with Gasteiger partial charge in [-0.15, -0.1) is 0 Å². The minimum atomic E-state index is -3.58. The highest BCUT2D eigenvalue weighted by atomic mass is 32.2. The number of hydrogen-bond acceptors (Lipinski definition) is 5. The van der Waals surface area contributed by atoms with Crippen LogP contribution in [0, 0.1) is 6.92 Å². The molecular weight excluding hydrogens is 400 g/mol. The van der Waals surface area contributed by atoms with Crippen LogP contribution in [0.5, 0.6) is 0 Å². The maximum Gasteiger partial charge on any atom is 0.240 e. The molecule has 2 fully saturated rings. The molecule has 30 heavy (non-hydrogen) atoms. The van der Waals surface area contributed by atoms with Gasteiger partial charge in [0.15, 0.2) is 5.79 Å². The molecule has 2 heterocycles. The van der Waals surface area contributed by atoms with Crippen molar-refractivity contribution in [2.75, 3.05) is 13.2 Å². The van der Waals surface area contributed by atoms with E-state index in [0.717, 1.165) is 12.1 Å². The zero-order valence-electron chi connectivity index (χ0n) is 17.7. The van der Waals surface area contributed by atoms with Crippen molar-refractivity contribution >= 4 is 10.0 Å². The van der Waals surface area contributed by atoms with Crippen LogP contribution in [0.1, 0.15) is 31.4 Å². The summed E-state index contributed by atoms with van der Waals surface area (Å²) in [6, 6.07) is 17.1. The molecule has 4 rings (SSSR count). The highest BCUT2D eigenvalue weighted by Crippen LogP contribution is 2.32. The molecule has 0 radical (unpaired) electrons. The fourth-order valence-corrected chi connectivity index (χ4v) is 5.56. The number of hydrogen-bond donors (Lipinski definition) is 1. The Morgan fingerprint density at radius 2 is 1.80 bits per heavy atom. The SMILES string of the molecule is Cc1ccc(S(=O)(=O)N[C@H]2C[C@@H]([C@H]3COC(C)(C)O3)N(Cc3ccccc3)C2)cc1. The van der Waals surface area contributed by atoms with Gasteiger partial charge in [0.1, 0.15) is 0 Å². The van der Waals surface area contributed by atoms with Crippen LogP contribution in [0.25, 0.3) is 0 Å². The molecule has 0 amide bonds. The Hall–Kier alpha value is -1.77. The number of sulfonamides is 1. The molecule has 162 valence electrons. The van der Waals surface area contributed by atoms with Crippen molar-refractivity contribution in [1.82, 2.24) is 9.62 Å². The van der Waals surface area contributed by atoms with Crippen LogP contribution in [0.2, 0.25) is 0 Å². The Morgan fingerprint density at radius 3 is 2.43 bits per heavy atom. The van der Waals surface area contributed by atoms with E-state index in [2.05, 4.69) is 21.8 Å². The summed E-state index contributed by atoms with van der Waals surface area (Å²) in [4.78, 5) is 2.61. The second-order valence-corrected chi connectivity index (χ2v) is 10.4. The smallest absolute Gasteiger partial charge is 0.240 e. The van der Waals surface area contributed by atoms with E-state index in [1.807, 2.05) is 51.1 Å². The van der Waals surface area contributed by atoms with Gasteiger partial charge in [0.05, 0.1) is 17.6 Å². The van der Waals surface area contributed by atoms with Crippen LogP contribution < -0.4 is 4.72 Å². The van der Waals surface area contributed by atoms with Crippen LogP contribution in [-0.4, -0.2) is 50.4 Å². The third-order valence-corrected chi connectivity index (χ3v) is 7.33. The summed E-state index contributed by atoms with van der Waals surface area (Å²) in [6.07, 6.45) is 0.597. The lowest BCUT2D eigenvalue weighted by molar-refractivity contribution is -0.145. The molecule has 0 bridgehead atoms.